The zero-order valence-corrected chi connectivity index (χ0v) is 20.0. The summed E-state index contributed by atoms with van der Waals surface area (Å²) in [6, 6.07) is 13.2. The molecular formula is C26H34F3N5O. The number of piperidine rings is 1. The first-order valence-electron chi connectivity index (χ1n) is 12.4. The van der Waals surface area contributed by atoms with Gasteiger partial charge in [-0.15, -0.1) is 0 Å². The number of likely N-dealkylation sites (tertiary alicyclic amines) is 1. The molecule has 6 nitrogen and oxygen atoms in total. The van der Waals surface area contributed by atoms with Crippen LogP contribution in [0.2, 0.25) is 0 Å². The Kier molecular flexibility index (Phi) is 8.62. The maximum absolute atomic E-state index is 12.7. The molecule has 2 aliphatic rings. The van der Waals surface area contributed by atoms with Crippen LogP contribution in [0.1, 0.15) is 36.1 Å². The Morgan fingerprint density at radius 2 is 1.71 bits per heavy atom. The fourth-order valence-corrected chi connectivity index (χ4v) is 4.96. The molecule has 35 heavy (non-hydrogen) atoms. The van der Waals surface area contributed by atoms with E-state index >= 15 is 0 Å². The van der Waals surface area contributed by atoms with Gasteiger partial charge in [-0.1, -0.05) is 36.4 Å². The Hall–Kier alpha value is -2.65. The molecule has 0 bridgehead atoms. The maximum Gasteiger partial charge on any atom is 0.433 e. The number of amides is 2. The summed E-state index contributed by atoms with van der Waals surface area (Å²) in [5, 5.41) is 3.06. The zero-order valence-electron chi connectivity index (χ0n) is 20.0. The fourth-order valence-electron chi connectivity index (χ4n) is 4.96. The van der Waals surface area contributed by atoms with Gasteiger partial charge >= 0.3 is 12.2 Å². The Morgan fingerprint density at radius 3 is 2.40 bits per heavy atom. The normalized spacial score (nSPS) is 18.9. The van der Waals surface area contributed by atoms with Crippen molar-refractivity contribution in [3.63, 3.8) is 0 Å². The second-order valence-corrected chi connectivity index (χ2v) is 9.40. The van der Waals surface area contributed by atoms with E-state index in [1.807, 2.05) is 23.1 Å². The van der Waals surface area contributed by atoms with Crippen molar-refractivity contribution in [3.05, 3.63) is 65.5 Å². The molecule has 0 spiro atoms. The average molecular weight is 490 g/mol. The summed E-state index contributed by atoms with van der Waals surface area (Å²) >= 11 is 0. The molecule has 1 aromatic heterocycles. The number of aromatic nitrogens is 1. The molecule has 2 amide bonds. The van der Waals surface area contributed by atoms with E-state index in [1.54, 1.807) is 0 Å². The molecule has 1 N–H and O–H groups in total. The van der Waals surface area contributed by atoms with E-state index in [9.17, 15) is 18.0 Å². The molecule has 0 radical (unpaired) electrons. The number of halogens is 3. The molecule has 3 heterocycles. The maximum atomic E-state index is 12.7. The number of carbonyl (C=O) groups excluding carboxylic acids is 1. The monoisotopic (exact) mass is 489 g/mol. The Morgan fingerprint density at radius 1 is 0.943 bits per heavy atom. The number of rotatable bonds is 6. The van der Waals surface area contributed by atoms with Crippen molar-refractivity contribution >= 4 is 6.03 Å². The highest BCUT2D eigenvalue weighted by molar-refractivity contribution is 5.74. The van der Waals surface area contributed by atoms with Crippen molar-refractivity contribution in [2.75, 3.05) is 45.8 Å². The lowest BCUT2D eigenvalue weighted by Crippen LogP contribution is -2.47. The van der Waals surface area contributed by atoms with Gasteiger partial charge in [-0.25, -0.2) is 4.79 Å². The number of alkyl halides is 3. The molecule has 0 aliphatic carbocycles. The summed E-state index contributed by atoms with van der Waals surface area (Å²) < 4.78 is 38.1. The predicted octanol–water partition coefficient (Wildman–Crippen LogP) is 4.02. The van der Waals surface area contributed by atoms with Crippen LogP contribution in [0.25, 0.3) is 0 Å². The van der Waals surface area contributed by atoms with Crippen molar-refractivity contribution in [1.82, 2.24) is 25.0 Å². The Bertz CT molecular complexity index is 930. The lowest BCUT2D eigenvalue weighted by molar-refractivity contribution is -0.141. The van der Waals surface area contributed by atoms with E-state index in [4.69, 9.17) is 0 Å². The molecule has 0 unspecified atom stereocenters. The number of nitrogens with zero attached hydrogens (tertiary/aromatic N) is 4. The predicted molar refractivity (Wildman–Crippen MR) is 129 cm³/mol. The van der Waals surface area contributed by atoms with Gasteiger partial charge in [0.1, 0.15) is 5.69 Å². The number of hydrogen-bond donors (Lipinski definition) is 1. The summed E-state index contributed by atoms with van der Waals surface area (Å²) in [6.07, 6.45) is 0.775. The molecule has 4 rings (SSSR count). The van der Waals surface area contributed by atoms with Crippen LogP contribution in [0.5, 0.6) is 0 Å². The van der Waals surface area contributed by atoms with Crippen molar-refractivity contribution in [2.24, 2.45) is 0 Å². The standard InChI is InChI=1S/C26H34F3N5O/c27-26(28,29)24-8-7-22(19-31-24)20-32-15-10-23(11-16-32)33-13-4-14-34(18-17-33)25(35)30-12-9-21-5-2-1-3-6-21/h1-3,5-8,19,23H,4,9-18,20H2,(H,30,35). The lowest BCUT2D eigenvalue weighted by Gasteiger charge is -2.38. The molecule has 190 valence electrons. The minimum Gasteiger partial charge on any atom is -0.338 e. The van der Waals surface area contributed by atoms with Crippen LogP contribution in [0.4, 0.5) is 18.0 Å². The lowest BCUT2D eigenvalue weighted by atomic mass is 10.0. The van der Waals surface area contributed by atoms with Crippen LogP contribution < -0.4 is 5.32 Å². The molecule has 0 atom stereocenters. The number of pyridine rings is 1. The van der Waals surface area contributed by atoms with Crippen molar-refractivity contribution in [1.29, 1.82) is 0 Å². The number of carbonyl (C=O) groups is 1. The topological polar surface area (TPSA) is 51.7 Å². The first kappa shape index (κ1) is 25.4. The van der Waals surface area contributed by atoms with Crippen LogP contribution >= 0.6 is 0 Å². The van der Waals surface area contributed by atoms with Gasteiger partial charge in [0.05, 0.1) is 0 Å². The third-order valence-electron chi connectivity index (χ3n) is 6.95. The van der Waals surface area contributed by atoms with Gasteiger partial charge in [0.15, 0.2) is 0 Å². The van der Waals surface area contributed by atoms with Crippen LogP contribution in [0.3, 0.4) is 0 Å². The quantitative estimate of drug-likeness (QED) is 0.666. The highest BCUT2D eigenvalue weighted by Gasteiger charge is 2.32. The second kappa shape index (κ2) is 11.9. The molecule has 1 aromatic carbocycles. The van der Waals surface area contributed by atoms with Crippen molar-refractivity contribution in [3.8, 4) is 0 Å². The van der Waals surface area contributed by atoms with E-state index in [1.165, 1.54) is 17.8 Å². The van der Waals surface area contributed by atoms with E-state index in [-0.39, 0.29) is 6.03 Å². The molecule has 2 aromatic rings. The number of nitrogens with one attached hydrogen (secondary N) is 1. The fraction of sp³-hybridized carbons (Fsp3) is 0.538. The van der Waals surface area contributed by atoms with Crippen LogP contribution in [-0.4, -0.2) is 77.6 Å². The van der Waals surface area contributed by atoms with Gasteiger partial charge in [-0.2, -0.15) is 13.2 Å². The molecule has 9 heteroatoms. The molecule has 0 saturated carbocycles. The summed E-state index contributed by atoms with van der Waals surface area (Å²) in [6.45, 7) is 6.44. The minimum atomic E-state index is -4.40. The highest BCUT2D eigenvalue weighted by atomic mass is 19.4. The molecular weight excluding hydrogens is 455 g/mol. The SMILES string of the molecule is O=C(NCCc1ccccc1)N1CCCN(C2CCN(Cc3ccc(C(F)(F)F)nc3)CC2)CC1. The summed E-state index contributed by atoms with van der Waals surface area (Å²) in [5.41, 5.74) is 1.18. The first-order valence-corrected chi connectivity index (χ1v) is 12.4. The van der Waals surface area contributed by atoms with E-state index in [0.717, 1.165) is 76.6 Å². The molecule has 2 aliphatic heterocycles. The van der Waals surface area contributed by atoms with Gasteiger partial charge < -0.3 is 10.2 Å². The number of benzene rings is 1. The van der Waals surface area contributed by atoms with Gasteiger partial charge in [0.2, 0.25) is 0 Å². The first-order chi connectivity index (χ1) is 16.9. The Labute approximate surface area is 205 Å². The third-order valence-corrected chi connectivity index (χ3v) is 6.95. The summed E-state index contributed by atoms with van der Waals surface area (Å²) in [4.78, 5) is 22.9. The Balaban J connectivity index is 1.17. The van der Waals surface area contributed by atoms with Gasteiger partial charge in [0.25, 0.3) is 0 Å². The largest absolute Gasteiger partial charge is 0.433 e. The van der Waals surface area contributed by atoms with Crippen molar-refractivity contribution < 1.29 is 18.0 Å². The molecule has 2 saturated heterocycles. The van der Waals surface area contributed by atoms with Gasteiger partial charge in [0, 0.05) is 51.5 Å². The van der Waals surface area contributed by atoms with E-state index in [2.05, 4.69) is 32.2 Å². The third kappa shape index (κ3) is 7.41. The highest BCUT2D eigenvalue weighted by Crippen LogP contribution is 2.27. The number of hydrogen-bond acceptors (Lipinski definition) is 4. The van der Waals surface area contributed by atoms with E-state index < -0.39 is 11.9 Å². The summed E-state index contributed by atoms with van der Waals surface area (Å²) in [5.74, 6) is 0. The second-order valence-electron chi connectivity index (χ2n) is 9.40. The van der Waals surface area contributed by atoms with E-state index in [0.29, 0.717) is 19.1 Å². The van der Waals surface area contributed by atoms with Gasteiger partial charge in [-0.05, 0) is 56.0 Å². The average Bonchev–Trinajstić information content (AvgIpc) is 3.11. The summed E-state index contributed by atoms with van der Waals surface area (Å²) in [7, 11) is 0. The van der Waals surface area contributed by atoms with Gasteiger partial charge in [-0.3, -0.25) is 14.8 Å². The smallest absolute Gasteiger partial charge is 0.338 e. The van der Waals surface area contributed by atoms with Crippen LogP contribution in [0, 0.1) is 0 Å². The van der Waals surface area contributed by atoms with Crippen LogP contribution in [-0.2, 0) is 19.1 Å². The van der Waals surface area contributed by atoms with Crippen molar-refractivity contribution in [2.45, 2.75) is 44.4 Å². The molecule has 2 fully saturated rings. The number of urea groups is 1. The van der Waals surface area contributed by atoms with Crippen LogP contribution in [0.15, 0.2) is 48.7 Å². The zero-order chi connectivity index (χ0) is 24.7. The minimum absolute atomic E-state index is 0.0164.